The van der Waals surface area contributed by atoms with E-state index in [4.69, 9.17) is 9.47 Å². The maximum Gasteiger partial charge on any atom is 0.310 e. The molecule has 0 N–H and O–H groups in total. The molecule has 0 aliphatic rings. The van der Waals surface area contributed by atoms with E-state index in [2.05, 4.69) is 11.7 Å². The SMILES string of the molecule is CCCCC[C@@H](CCCCCCCCCC(=O)OC)OC(=O)Cc1ccc(OC)cc1. The lowest BCUT2D eigenvalue weighted by Crippen LogP contribution is -2.20. The summed E-state index contributed by atoms with van der Waals surface area (Å²) in [4.78, 5) is 23.5. The van der Waals surface area contributed by atoms with Gasteiger partial charge in [-0.05, 0) is 49.8 Å². The molecule has 0 bridgehead atoms. The van der Waals surface area contributed by atoms with Crippen molar-refractivity contribution in [1.82, 2.24) is 0 Å². The van der Waals surface area contributed by atoms with Crippen molar-refractivity contribution in [3.63, 3.8) is 0 Å². The smallest absolute Gasteiger partial charge is 0.310 e. The molecule has 0 unspecified atom stereocenters. The number of esters is 2. The molecule has 1 atom stereocenters. The van der Waals surface area contributed by atoms with E-state index in [0.29, 0.717) is 12.8 Å². The molecule has 1 rings (SSSR count). The van der Waals surface area contributed by atoms with Gasteiger partial charge in [0.25, 0.3) is 0 Å². The van der Waals surface area contributed by atoms with E-state index in [1.54, 1.807) is 7.11 Å². The Kier molecular flexibility index (Phi) is 15.3. The van der Waals surface area contributed by atoms with Crippen LogP contribution >= 0.6 is 0 Å². The number of hydrogen-bond acceptors (Lipinski definition) is 5. The van der Waals surface area contributed by atoms with Crippen LogP contribution in [0.1, 0.15) is 96.0 Å². The van der Waals surface area contributed by atoms with E-state index in [-0.39, 0.29) is 18.0 Å². The van der Waals surface area contributed by atoms with Crippen LogP contribution in [0.5, 0.6) is 5.75 Å². The zero-order valence-corrected chi connectivity index (χ0v) is 19.8. The van der Waals surface area contributed by atoms with Crippen molar-refractivity contribution in [2.45, 2.75) is 103 Å². The molecule has 0 aliphatic heterocycles. The van der Waals surface area contributed by atoms with Gasteiger partial charge < -0.3 is 14.2 Å². The van der Waals surface area contributed by atoms with Gasteiger partial charge in [-0.1, -0.05) is 64.0 Å². The van der Waals surface area contributed by atoms with Crippen molar-refractivity contribution < 1.29 is 23.8 Å². The summed E-state index contributed by atoms with van der Waals surface area (Å²) in [5.74, 6) is 0.533. The molecule has 0 saturated heterocycles. The molecular weight excluding hydrogens is 392 g/mol. The Morgan fingerprint density at radius 1 is 0.774 bits per heavy atom. The third-order valence-corrected chi connectivity index (χ3v) is 5.57. The maximum atomic E-state index is 12.4. The van der Waals surface area contributed by atoms with Crippen LogP contribution < -0.4 is 4.74 Å². The first-order valence-electron chi connectivity index (χ1n) is 12.0. The molecule has 5 nitrogen and oxygen atoms in total. The lowest BCUT2D eigenvalue weighted by atomic mass is 10.0. The molecule has 1 aromatic carbocycles. The van der Waals surface area contributed by atoms with Gasteiger partial charge in [0, 0.05) is 6.42 Å². The van der Waals surface area contributed by atoms with E-state index < -0.39 is 0 Å². The fraction of sp³-hybridized carbons (Fsp3) is 0.692. The summed E-state index contributed by atoms with van der Waals surface area (Å²) in [5.41, 5.74) is 0.949. The van der Waals surface area contributed by atoms with Crippen molar-refractivity contribution in [3.8, 4) is 5.75 Å². The number of benzene rings is 1. The minimum absolute atomic E-state index is 0.0253. The Morgan fingerprint density at radius 2 is 1.35 bits per heavy atom. The molecule has 176 valence electrons. The Hall–Kier alpha value is -2.04. The van der Waals surface area contributed by atoms with Crippen molar-refractivity contribution in [3.05, 3.63) is 29.8 Å². The van der Waals surface area contributed by atoms with Crippen LogP contribution in [0.4, 0.5) is 0 Å². The first-order valence-corrected chi connectivity index (χ1v) is 12.0. The molecule has 0 heterocycles. The van der Waals surface area contributed by atoms with Crippen LogP contribution in [0.25, 0.3) is 0 Å². The minimum Gasteiger partial charge on any atom is -0.497 e. The Morgan fingerprint density at radius 3 is 1.94 bits per heavy atom. The molecule has 5 heteroatoms. The number of carbonyl (C=O) groups excluding carboxylic acids is 2. The average molecular weight is 435 g/mol. The van der Waals surface area contributed by atoms with Gasteiger partial charge in [0.15, 0.2) is 0 Å². The number of carbonyl (C=O) groups is 2. The number of rotatable bonds is 18. The van der Waals surface area contributed by atoms with E-state index in [0.717, 1.165) is 62.7 Å². The second-order valence-corrected chi connectivity index (χ2v) is 8.22. The topological polar surface area (TPSA) is 61.8 Å². The first-order chi connectivity index (χ1) is 15.1. The summed E-state index contributed by atoms with van der Waals surface area (Å²) in [6.45, 7) is 2.19. The standard InChI is InChI=1S/C26H42O5/c1-4-5-11-14-24(15-12-9-7-6-8-10-13-16-25(27)30-3)31-26(28)21-22-17-19-23(29-2)20-18-22/h17-20,24H,4-16,21H2,1-3H3/t24-/m0/s1. The summed E-state index contributed by atoms with van der Waals surface area (Å²) >= 11 is 0. The second-order valence-electron chi connectivity index (χ2n) is 8.22. The summed E-state index contributed by atoms with van der Waals surface area (Å²) in [6.07, 6.45) is 14.0. The number of methoxy groups -OCH3 is 2. The monoisotopic (exact) mass is 434 g/mol. The van der Waals surface area contributed by atoms with Crippen LogP contribution in [0, 0.1) is 0 Å². The normalized spacial score (nSPS) is 11.7. The second kappa shape index (κ2) is 17.6. The van der Waals surface area contributed by atoms with E-state index in [1.165, 1.54) is 32.8 Å². The lowest BCUT2D eigenvalue weighted by molar-refractivity contribution is -0.149. The highest BCUT2D eigenvalue weighted by Crippen LogP contribution is 2.18. The number of ether oxygens (including phenoxy) is 3. The molecule has 0 fully saturated rings. The molecule has 31 heavy (non-hydrogen) atoms. The fourth-order valence-corrected chi connectivity index (χ4v) is 3.65. The van der Waals surface area contributed by atoms with Crippen LogP contribution in [0.2, 0.25) is 0 Å². The van der Waals surface area contributed by atoms with Gasteiger partial charge in [0.1, 0.15) is 11.9 Å². The lowest BCUT2D eigenvalue weighted by Gasteiger charge is -2.18. The predicted molar refractivity (Wildman–Crippen MR) is 124 cm³/mol. The van der Waals surface area contributed by atoms with Gasteiger partial charge in [-0.15, -0.1) is 0 Å². The van der Waals surface area contributed by atoms with Crippen molar-refractivity contribution >= 4 is 11.9 Å². The zero-order valence-electron chi connectivity index (χ0n) is 19.8. The minimum atomic E-state index is -0.141. The third kappa shape index (κ3) is 13.8. The largest absolute Gasteiger partial charge is 0.497 e. The molecule has 0 radical (unpaired) electrons. The maximum absolute atomic E-state index is 12.4. The van der Waals surface area contributed by atoms with Crippen LogP contribution in [0.3, 0.4) is 0 Å². The van der Waals surface area contributed by atoms with Gasteiger partial charge in [-0.3, -0.25) is 9.59 Å². The van der Waals surface area contributed by atoms with Crippen LogP contribution in [0.15, 0.2) is 24.3 Å². The van der Waals surface area contributed by atoms with Gasteiger partial charge >= 0.3 is 11.9 Å². The van der Waals surface area contributed by atoms with Crippen LogP contribution in [-0.2, 0) is 25.5 Å². The highest BCUT2D eigenvalue weighted by atomic mass is 16.5. The number of hydrogen-bond donors (Lipinski definition) is 0. The molecule has 1 aromatic rings. The van der Waals surface area contributed by atoms with Gasteiger partial charge in [0.2, 0.25) is 0 Å². The number of unbranched alkanes of at least 4 members (excludes halogenated alkanes) is 8. The first kappa shape index (κ1) is 27.0. The van der Waals surface area contributed by atoms with E-state index in [1.807, 2.05) is 24.3 Å². The summed E-state index contributed by atoms with van der Waals surface area (Å²) in [7, 11) is 3.07. The van der Waals surface area contributed by atoms with Gasteiger partial charge in [-0.2, -0.15) is 0 Å². The Balaban J connectivity index is 2.26. The van der Waals surface area contributed by atoms with Crippen molar-refractivity contribution in [1.29, 1.82) is 0 Å². The summed E-state index contributed by atoms with van der Waals surface area (Å²) < 4.78 is 15.7. The predicted octanol–water partition coefficient (Wildman–Crippen LogP) is 6.41. The average Bonchev–Trinajstić information content (AvgIpc) is 2.78. The summed E-state index contributed by atoms with van der Waals surface area (Å²) in [5, 5.41) is 0. The summed E-state index contributed by atoms with van der Waals surface area (Å²) in [6, 6.07) is 7.57. The Bertz CT molecular complexity index is 596. The molecule has 0 aliphatic carbocycles. The van der Waals surface area contributed by atoms with E-state index in [9.17, 15) is 9.59 Å². The quantitative estimate of drug-likeness (QED) is 0.197. The van der Waals surface area contributed by atoms with Gasteiger partial charge in [-0.25, -0.2) is 0 Å². The fourth-order valence-electron chi connectivity index (χ4n) is 3.65. The highest BCUT2D eigenvalue weighted by molar-refractivity contribution is 5.72. The molecule has 0 saturated carbocycles. The highest BCUT2D eigenvalue weighted by Gasteiger charge is 2.15. The molecule has 0 amide bonds. The molecule has 0 spiro atoms. The van der Waals surface area contributed by atoms with Crippen LogP contribution in [-0.4, -0.2) is 32.3 Å². The molecule has 0 aromatic heterocycles. The zero-order chi connectivity index (χ0) is 22.7. The Labute approximate surface area is 188 Å². The van der Waals surface area contributed by atoms with Gasteiger partial charge in [0.05, 0.1) is 20.6 Å². The molecular formula is C26H42O5. The van der Waals surface area contributed by atoms with Crippen molar-refractivity contribution in [2.24, 2.45) is 0 Å². The van der Waals surface area contributed by atoms with Crippen molar-refractivity contribution in [2.75, 3.05) is 14.2 Å². The van der Waals surface area contributed by atoms with E-state index >= 15 is 0 Å². The third-order valence-electron chi connectivity index (χ3n) is 5.57.